The van der Waals surface area contributed by atoms with Crippen molar-refractivity contribution in [3.63, 3.8) is 0 Å². The lowest BCUT2D eigenvalue weighted by molar-refractivity contribution is 0.0524. The fourth-order valence-electron chi connectivity index (χ4n) is 2.19. The van der Waals surface area contributed by atoms with Gasteiger partial charge in [0.2, 0.25) is 5.43 Å². The number of carbonyl (C=O) groups excluding carboxylic acids is 1. The molecule has 0 atom stereocenters. The van der Waals surface area contributed by atoms with Crippen molar-refractivity contribution in [1.29, 1.82) is 0 Å². The Morgan fingerprint density at radius 3 is 2.95 bits per heavy atom. The summed E-state index contributed by atoms with van der Waals surface area (Å²) in [5.74, 6) is -0.575. The molecule has 1 aliphatic carbocycles. The Bertz CT molecular complexity index is 750. The number of esters is 1. The van der Waals surface area contributed by atoms with E-state index in [9.17, 15) is 9.59 Å². The standard InChI is InChI=1S/C14H13BrN2O3/c1-2-20-14(19)11-7-17(9-3-4-9)13-10(12(11)18)5-8(15)6-16-13/h5-7,9H,2-4H2,1H3. The van der Waals surface area contributed by atoms with Gasteiger partial charge in [-0.3, -0.25) is 4.79 Å². The molecule has 2 aromatic rings. The highest BCUT2D eigenvalue weighted by Gasteiger charge is 2.27. The third kappa shape index (κ3) is 2.24. The lowest BCUT2D eigenvalue weighted by Crippen LogP contribution is -2.21. The zero-order valence-electron chi connectivity index (χ0n) is 10.9. The van der Waals surface area contributed by atoms with Crippen LogP contribution in [0.5, 0.6) is 0 Å². The van der Waals surface area contributed by atoms with Crippen LogP contribution in [0, 0.1) is 0 Å². The van der Waals surface area contributed by atoms with Gasteiger partial charge in [0.1, 0.15) is 11.2 Å². The van der Waals surface area contributed by atoms with E-state index < -0.39 is 5.97 Å². The van der Waals surface area contributed by atoms with Crippen LogP contribution in [0.25, 0.3) is 11.0 Å². The van der Waals surface area contributed by atoms with Crippen molar-refractivity contribution in [3.8, 4) is 0 Å². The molecule has 6 heteroatoms. The van der Waals surface area contributed by atoms with Crippen LogP contribution in [-0.4, -0.2) is 22.1 Å². The van der Waals surface area contributed by atoms with Crippen molar-refractivity contribution < 1.29 is 9.53 Å². The third-order valence-corrected chi connectivity index (χ3v) is 3.70. The van der Waals surface area contributed by atoms with Gasteiger partial charge in [-0.2, -0.15) is 0 Å². The molecule has 1 aliphatic rings. The summed E-state index contributed by atoms with van der Waals surface area (Å²) in [6, 6.07) is 2.02. The molecule has 0 aliphatic heterocycles. The third-order valence-electron chi connectivity index (χ3n) is 3.27. The monoisotopic (exact) mass is 336 g/mol. The molecule has 0 unspecified atom stereocenters. The minimum absolute atomic E-state index is 0.0751. The van der Waals surface area contributed by atoms with Crippen molar-refractivity contribution in [2.24, 2.45) is 0 Å². The molecule has 2 aromatic heterocycles. The van der Waals surface area contributed by atoms with Gasteiger partial charge in [-0.05, 0) is 41.8 Å². The smallest absolute Gasteiger partial charge is 0.343 e. The minimum atomic E-state index is -0.575. The largest absolute Gasteiger partial charge is 0.462 e. The summed E-state index contributed by atoms with van der Waals surface area (Å²) >= 11 is 3.31. The molecule has 2 heterocycles. The number of halogens is 1. The predicted octanol–water partition coefficient (Wildman–Crippen LogP) is 2.67. The normalized spacial score (nSPS) is 14.5. The number of carbonyl (C=O) groups is 1. The van der Waals surface area contributed by atoms with E-state index in [-0.39, 0.29) is 17.6 Å². The first-order chi connectivity index (χ1) is 9.61. The zero-order chi connectivity index (χ0) is 14.3. The van der Waals surface area contributed by atoms with E-state index >= 15 is 0 Å². The molecule has 0 saturated heterocycles. The van der Waals surface area contributed by atoms with Gasteiger partial charge >= 0.3 is 5.97 Å². The van der Waals surface area contributed by atoms with Gasteiger partial charge in [-0.15, -0.1) is 0 Å². The van der Waals surface area contributed by atoms with E-state index in [1.54, 1.807) is 25.4 Å². The van der Waals surface area contributed by atoms with Gasteiger partial charge in [0.25, 0.3) is 0 Å². The Morgan fingerprint density at radius 2 is 2.30 bits per heavy atom. The summed E-state index contributed by atoms with van der Waals surface area (Å²) in [6.07, 6.45) is 5.32. The topological polar surface area (TPSA) is 61.2 Å². The maximum absolute atomic E-state index is 12.4. The van der Waals surface area contributed by atoms with Gasteiger partial charge in [0.15, 0.2) is 0 Å². The second-order valence-electron chi connectivity index (χ2n) is 4.76. The van der Waals surface area contributed by atoms with Gasteiger partial charge in [-0.25, -0.2) is 9.78 Å². The van der Waals surface area contributed by atoms with Crippen LogP contribution < -0.4 is 5.43 Å². The molecular formula is C14H13BrN2O3. The van der Waals surface area contributed by atoms with Crippen LogP contribution in [0.1, 0.15) is 36.2 Å². The number of rotatable bonds is 3. The minimum Gasteiger partial charge on any atom is -0.462 e. The molecular weight excluding hydrogens is 324 g/mol. The lowest BCUT2D eigenvalue weighted by atomic mass is 10.2. The highest BCUT2D eigenvalue weighted by atomic mass is 79.9. The molecule has 0 bridgehead atoms. The zero-order valence-corrected chi connectivity index (χ0v) is 12.5. The second-order valence-corrected chi connectivity index (χ2v) is 5.67. The summed E-state index contributed by atoms with van der Waals surface area (Å²) in [5.41, 5.74) is 0.365. The Kier molecular flexibility index (Phi) is 3.33. The lowest BCUT2D eigenvalue weighted by Gasteiger charge is -2.11. The molecule has 0 amide bonds. The number of aromatic nitrogens is 2. The van der Waals surface area contributed by atoms with Crippen molar-refractivity contribution in [2.75, 3.05) is 6.61 Å². The predicted molar refractivity (Wildman–Crippen MR) is 77.9 cm³/mol. The summed E-state index contributed by atoms with van der Waals surface area (Å²) < 4.78 is 7.58. The summed E-state index contributed by atoms with van der Waals surface area (Å²) in [4.78, 5) is 28.7. The highest BCUT2D eigenvalue weighted by molar-refractivity contribution is 9.10. The Labute approximate surface area is 123 Å². The maximum atomic E-state index is 12.4. The summed E-state index contributed by atoms with van der Waals surface area (Å²) in [6.45, 7) is 1.97. The van der Waals surface area contributed by atoms with Crippen LogP contribution in [-0.2, 0) is 4.74 Å². The van der Waals surface area contributed by atoms with Gasteiger partial charge in [-0.1, -0.05) is 0 Å². The number of nitrogens with zero attached hydrogens (tertiary/aromatic N) is 2. The number of hydrogen-bond donors (Lipinski definition) is 0. The number of hydrogen-bond acceptors (Lipinski definition) is 4. The number of ether oxygens (including phenoxy) is 1. The molecule has 0 spiro atoms. The number of pyridine rings is 2. The number of fused-ring (bicyclic) bond motifs is 1. The molecule has 1 fully saturated rings. The van der Waals surface area contributed by atoms with Crippen LogP contribution in [0.4, 0.5) is 0 Å². The van der Waals surface area contributed by atoms with Gasteiger partial charge in [0, 0.05) is 22.9 Å². The first-order valence-electron chi connectivity index (χ1n) is 6.49. The average molecular weight is 337 g/mol. The molecule has 20 heavy (non-hydrogen) atoms. The van der Waals surface area contributed by atoms with Gasteiger partial charge in [0.05, 0.1) is 12.0 Å². The summed E-state index contributed by atoms with van der Waals surface area (Å²) in [5, 5.41) is 0.442. The average Bonchev–Trinajstić information content (AvgIpc) is 3.24. The molecule has 0 aromatic carbocycles. The first kappa shape index (κ1) is 13.3. The van der Waals surface area contributed by atoms with Crippen molar-refractivity contribution >= 4 is 32.9 Å². The van der Waals surface area contributed by atoms with E-state index in [1.165, 1.54) is 0 Å². The van der Waals surface area contributed by atoms with Gasteiger partial charge < -0.3 is 9.30 Å². The second kappa shape index (κ2) is 5.01. The van der Waals surface area contributed by atoms with Crippen LogP contribution >= 0.6 is 15.9 Å². The van der Waals surface area contributed by atoms with E-state index in [4.69, 9.17) is 4.74 Å². The quantitative estimate of drug-likeness (QED) is 0.808. The van der Waals surface area contributed by atoms with Crippen molar-refractivity contribution in [2.45, 2.75) is 25.8 Å². The van der Waals surface area contributed by atoms with Crippen LogP contribution in [0.3, 0.4) is 0 Å². The highest BCUT2D eigenvalue weighted by Crippen LogP contribution is 2.36. The van der Waals surface area contributed by atoms with Crippen molar-refractivity contribution in [1.82, 2.24) is 9.55 Å². The Balaban J connectivity index is 2.28. The van der Waals surface area contributed by atoms with E-state index in [0.717, 1.165) is 12.8 Å². The molecule has 1 saturated carbocycles. The summed E-state index contributed by atoms with van der Waals surface area (Å²) in [7, 11) is 0. The fourth-order valence-corrected chi connectivity index (χ4v) is 2.53. The molecule has 104 valence electrons. The van der Waals surface area contributed by atoms with Crippen molar-refractivity contribution in [3.05, 3.63) is 38.7 Å². The van der Waals surface area contributed by atoms with E-state index in [1.807, 2.05) is 4.57 Å². The molecule has 0 radical (unpaired) electrons. The first-order valence-corrected chi connectivity index (χ1v) is 7.28. The molecule has 3 rings (SSSR count). The Hall–Kier alpha value is -1.69. The van der Waals surface area contributed by atoms with E-state index in [2.05, 4.69) is 20.9 Å². The van der Waals surface area contributed by atoms with Crippen LogP contribution in [0.2, 0.25) is 0 Å². The Morgan fingerprint density at radius 1 is 1.55 bits per heavy atom. The van der Waals surface area contributed by atoms with E-state index in [0.29, 0.717) is 21.5 Å². The molecule has 0 N–H and O–H groups in total. The molecule has 5 nitrogen and oxygen atoms in total. The maximum Gasteiger partial charge on any atom is 0.343 e. The fraction of sp³-hybridized carbons (Fsp3) is 0.357. The SMILES string of the molecule is CCOC(=O)c1cn(C2CC2)c2ncc(Br)cc2c1=O. The van der Waals surface area contributed by atoms with Crippen LogP contribution in [0.15, 0.2) is 27.7 Å².